The minimum Gasteiger partial charge on any atom is -0.390 e. The predicted molar refractivity (Wildman–Crippen MR) is 54.0 cm³/mol. The Kier molecular flexibility index (Phi) is 8.08. The summed E-state index contributed by atoms with van der Waals surface area (Å²) < 4.78 is 9.71. The summed E-state index contributed by atoms with van der Waals surface area (Å²) in [6.07, 6.45) is 1.17. The SMILES string of the molecule is CCCCCC(O)C(O)C(OC)OC. The first kappa shape index (κ1) is 13.8. The van der Waals surface area contributed by atoms with Gasteiger partial charge in [-0.2, -0.15) is 0 Å². The molecule has 0 saturated carbocycles. The molecule has 2 atom stereocenters. The lowest BCUT2D eigenvalue weighted by molar-refractivity contribution is -0.191. The molecule has 0 aliphatic carbocycles. The molecule has 0 spiro atoms. The van der Waals surface area contributed by atoms with Gasteiger partial charge < -0.3 is 19.7 Å². The summed E-state index contributed by atoms with van der Waals surface area (Å²) in [5, 5.41) is 19.1. The van der Waals surface area contributed by atoms with E-state index in [9.17, 15) is 10.2 Å². The first-order valence-corrected chi connectivity index (χ1v) is 5.09. The molecular weight excluding hydrogens is 184 g/mol. The number of hydrogen-bond acceptors (Lipinski definition) is 4. The van der Waals surface area contributed by atoms with Crippen molar-refractivity contribution in [1.29, 1.82) is 0 Å². The van der Waals surface area contributed by atoms with E-state index in [0.717, 1.165) is 19.3 Å². The molecule has 0 aliphatic rings. The largest absolute Gasteiger partial charge is 0.390 e. The second-order valence-electron chi connectivity index (χ2n) is 3.39. The number of unbranched alkanes of at least 4 members (excludes halogenated alkanes) is 2. The van der Waals surface area contributed by atoms with Crippen molar-refractivity contribution >= 4 is 0 Å². The number of methoxy groups -OCH3 is 2. The van der Waals surface area contributed by atoms with Crippen LogP contribution < -0.4 is 0 Å². The van der Waals surface area contributed by atoms with Crippen molar-refractivity contribution in [3.63, 3.8) is 0 Å². The van der Waals surface area contributed by atoms with Crippen LogP contribution in [0.25, 0.3) is 0 Å². The van der Waals surface area contributed by atoms with Crippen molar-refractivity contribution in [3.05, 3.63) is 0 Å². The van der Waals surface area contributed by atoms with Gasteiger partial charge in [0.25, 0.3) is 0 Å². The zero-order chi connectivity index (χ0) is 11.0. The fourth-order valence-electron chi connectivity index (χ4n) is 1.33. The molecule has 2 unspecified atom stereocenters. The summed E-state index contributed by atoms with van der Waals surface area (Å²) >= 11 is 0. The summed E-state index contributed by atoms with van der Waals surface area (Å²) in [6.45, 7) is 2.09. The van der Waals surface area contributed by atoms with E-state index in [1.807, 2.05) is 0 Å². The van der Waals surface area contributed by atoms with E-state index in [-0.39, 0.29) is 0 Å². The summed E-state index contributed by atoms with van der Waals surface area (Å²) in [4.78, 5) is 0. The molecule has 0 amide bonds. The van der Waals surface area contributed by atoms with E-state index < -0.39 is 18.5 Å². The lowest BCUT2D eigenvalue weighted by Gasteiger charge is -2.24. The Labute approximate surface area is 85.8 Å². The maximum atomic E-state index is 9.58. The van der Waals surface area contributed by atoms with E-state index in [0.29, 0.717) is 6.42 Å². The normalized spacial score (nSPS) is 15.9. The fraction of sp³-hybridized carbons (Fsp3) is 1.00. The van der Waals surface area contributed by atoms with Gasteiger partial charge in [0.1, 0.15) is 6.10 Å². The highest BCUT2D eigenvalue weighted by molar-refractivity contribution is 4.70. The topological polar surface area (TPSA) is 58.9 Å². The van der Waals surface area contributed by atoms with Gasteiger partial charge >= 0.3 is 0 Å². The molecule has 2 N–H and O–H groups in total. The molecule has 0 bridgehead atoms. The van der Waals surface area contributed by atoms with Gasteiger partial charge in [-0.05, 0) is 6.42 Å². The fourth-order valence-corrected chi connectivity index (χ4v) is 1.33. The van der Waals surface area contributed by atoms with E-state index in [1.165, 1.54) is 14.2 Å². The van der Waals surface area contributed by atoms with Gasteiger partial charge in [0.2, 0.25) is 0 Å². The summed E-state index contributed by atoms with van der Waals surface area (Å²) in [5.41, 5.74) is 0. The molecule has 0 fully saturated rings. The molecule has 0 aromatic carbocycles. The molecule has 86 valence electrons. The average molecular weight is 206 g/mol. The van der Waals surface area contributed by atoms with Gasteiger partial charge in [-0.25, -0.2) is 0 Å². The van der Waals surface area contributed by atoms with E-state index in [2.05, 4.69) is 6.92 Å². The molecule has 4 heteroatoms. The summed E-state index contributed by atoms with van der Waals surface area (Å²) in [7, 11) is 2.88. The van der Waals surface area contributed by atoms with Crippen LogP contribution in [0.1, 0.15) is 32.6 Å². The number of hydrogen-bond donors (Lipinski definition) is 2. The second-order valence-corrected chi connectivity index (χ2v) is 3.39. The third kappa shape index (κ3) is 4.91. The first-order chi connectivity index (χ1) is 6.67. The molecular formula is C10H22O4. The zero-order valence-electron chi connectivity index (χ0n) is 9.27. The van der Waals surface area contributed by atoms with Crippen LogP contribution in [0.3, 0.4) is 0 Å². The second kappa shape index (κ2) is 8.17. The average Bonchev–Trinajstić information content (AvgIpc) is 2.19. The molecule has 0 radical (unpaired) electrons. The highest BCUT2D eigenvalue weighted by atomic mass is 16.7. The van der Waals surface area contributed by atoms with Gasteiger partial charge in [0, 0.05) is 14.2 Å². The predicted octanol–water partition coefficient (Wildman–Crippen LogP) is 0.907. The molecule has 14 heavy (non-hydrogen) atoms. The standard InChI is InChI=1S/C10H22O4/c1-4-5-6-7-8(11)9(12)10(13-2)14-3/h8-12H,4-7H2,1-3H3. The Morgan fingerprint density at radius 1 is 1.07 bits per heavy atom. The Bertz CT molecular complexity index is 125. The quantitative estimate of drug-likeness (QED) is 0.458. The van der Waals surface area contributed by atoms with Crippen LogP contribution in [0.5, 0.6) is 0 Å². The van der Waals surface area contributed by atoms with Crippen LogP contribution in [-0.2, 0) is 9.47 Å². The van der Waals surface area contributed by atoms with Gasteiger partial charge in [-0.15, -0.1) is 0 Å². The Balaban J connectivity index is 3.78. The molecule has 0 aromatic rings. The van der Waals surface area contributed by atoms with Crippen molar-refractivity contribution in [3.8, 4) is 0 Å². The van der Waals surface area contributed by atoms with Crippen molar-refractivity contribution in [1.82, 2.24) is 0 Å². The minimum atomic E-state index is -0.971. The van der Waals surface area contributed by atoms with Gasteiger partial charge in [-0.1, -0.05) is 26.2 Å². The number of aliphatic hydroxyl groups excluding tert-OH is 2. The first-order valence-electron chi connectivity index (χ1n) is 5.09. The minimum absolute atomic E-state index is 0.582. The molecule has 0 rings (SSSR count). The van der Waals surface area contributed by atoms with Crippen LogP contribution >= 0.6 is 0 Å². The van der Waals surface area contributed by atoms with Crippen LogP contribution in [-0.4, -0.2) is 42.9 Å². The van der Waals surface area contributed by atoms with Crippen molar-refractivity contribution < 1.29 is 19.7 Å². The Morgan fingerprint density at radius 2 is 1.64 bits per heavy atom. The lowest BCUT2D eigenvalue weighted by Crippen LogP contribution is -2.39. The van der Waals surface area contributed by atoms with E-state index in [1.54, 1.807) is 0 Å². The van der Waals surface area contributed by atoms with Crippen molar-refractivity contribution in [2.45, 2.75) is 51.1 Å². The molecule has 0 saturated heterocycles. The summed E-state index contributed by atoms with van der Waals surface area (Å²) in [5.74, 6) is 0. The summed E-state index contributed by atoms with van der Waals surface area (Å²) in [6, 6.07) is 0. The number of ether oxygens (including phenoxy) is 2. The maximum Gasteiger partial charge on any atom is 0.185 e. The van der Waals surface area contributed by atoms with Crippen LogP contribution in [0.4, 0.5) is 0 Å². The molecule has 4 nitrogen and oxygen atoms in total. The van der Waals surface area contributed by atoms with Crippen molar-refractivity contribution in [2.75, 3.05) is 14.2 Å². The van der Waals surface area contributed by atoms with Gasteiger partial charge in [0.05, 0.1) is 6.10 Å². The third-order valence-electron chi connectivity index (χ3n) is 2.24. The maximum absolute atomic E-state index is 9.58. The smallest absolute Gasteiger partial charge is 0.185 e. The number of rotatable bonds is 8. The molecule has 0 heterocycles. The highest BCUT2D eigenvalue weighted by Crippen LogP contribution is 2.11. The van der Waals surface area contributed by atoms with Crippen LogP contribution in [0, 0.1) is 0 Å². The van der Waals surface area contributed by atoms with Crippen LogP contribution in [0.2, 0.25) is 0 Å². The highest BCUT2D eigenvalue weighted by Gasteiger charge is 2.25. The molecule has 0 aliphatic heterocycles. The van der Waals surface area contributed by atoms with E-state index in [4.69, 9.17) is 9.47 Å². The third-order valence-corrected chi connectivity index (χ3v) is 2.24. The molecule has 0 aromatic heterocycles. The van der Waals surface area contributed by atoms with Crippen molar-refractivity contribution in [2.24, 2.45) is 0 Å². The van der Waals surface area contributed by atoms with Gasteiger partial charge in [-0.3, -0.25) is 0 Å². The van der Waals surface area contributed by atoms with Crippen LogP contribution in [0.15, 0.2) is 0 Å². The van der Waals surface area contributed by atoms with Gasteiger partial charge in [0.15, 0.2) is 6.29 Å². The Morgan fingerprint density at radius 3 is 2.07 bits per heavy atom. The lowest BCUT2D eigenvalue weighted by atomic mass is 10.1. The zero-order valence-corrected chi connectivity index (χ0v) is 9.27. The van der Waals surface area contributed by atoms with E-state index >= 15 is 0 Å². The monoisotopic (exact) mass is 206 g/mol. The Hall–Kier alpha value is -0.160. The number of aliphatic hydroxyl groups is 2.